The van der Waals surface area contributed by atoms with Crippen LogP contribution >= 0.6 is 0 Å². The number of fused-ring (bicyclic) bond motifs is 1. The van der Waals surface area contributed by atoms with Crippen LogP contribution in [0.25, 0.3) is 10.9 Å². The van der Waals surface area contributed by atoms with Crippen molar-refractivity contribution in [3.63, 3.8) is 0 Å². The summed E-state index contributed by atoms with van der Waals surface area (Å²) in [4.78, 5) is 18.4. The molecule has 8 nitrogen and oxygen atoms in total. The summed E-state index contributed by atoms with van der Waals surface area (Å²) in [6.45, 7) is 4.03. The van der Waals surface area contributed by atoms with Crippen LogP contribution in [0.1, 0.15) is 54.6 Å². The molecule has 0 unspecified atom stereocenters. The Labute approximate surface area is 187 Å². The molecule has 1 aromatic carbocycles. The molecule has 2 atom stereocenters. The normalized spacial score (nSPS) is 27.7. The van der Waals surface area contributed by atoms with Crippen LogP contribution in [0.3, 0.4) is 0 Å². The van der Waals surface area contributed by atoms with Gasteiger partial charge < -0.3 is 15.2 Å². The molecule has 3 aliphatic rings. The Bertz CT molecular complexity index is 1100. The number of aromatic amines is 1. The number of likely N-dealkylation sites (tertiary alicyclic amines) is 1. The summed E-state index contributed by atoms with van der Waals surface area (Å²) in [6, 6.07) is 5.17. The van der Waals surface area contributed by atoms with Crippen LogP contribution in [0.2, 0.25) is 0 Å². The highest BCUT2D eigenvalue weighted by molar-refractivity contribution is 7.87. The second-order valence-electron chi connectivity index (χ2n) is 9.57. The fraction of sp³-hybridized carbons (Fsp3) is 0.591. The zero-order valence-corrected chi connectivity index (χ0v) is 19.0. The number of hydrogen-bond acceptors (Lipinski definition) is 4. The summed E-state index contributed by atoms with van der Waals surface area (Å²) in [5, 5.41) is 3.58. The van der Waals surface area contributed by atoms with Crippen molar-refractivity contribution in [2.45, 2.75) is 63.1 Å². The Balaban J connectivity index is 1.20. The van der Waals surface area contributed by atoms with Gasteiger partial charge in [-0.15, -0.1) is 0 Å². The number of rotatable bonds is 3. The first-order chi connectivity index (χ1) is 15.2. The highest BCUT2D eigenvalue weighted by Gasteiger charge is 2.44. The number of aromatic nitrogens is 1. The van der Waals surface area contributed by atoms with E-state index in [0.29, 0.717) is 29.2 Å². The van der Waals surface area contributed by atoms with Gasteiger partial charge in [0, 0.05) is 37.1 Å². The molecule has 1 aromatic heterocycles. The molecule has 4 N–H and O–H groups in total. The lowest BCUT2D eigenvalue weighted by Crippen LogP contribution is -2.56. The number of nitrogens with zero attached hydrogens (tertiary/aromatic N) is 1. The van der Waals surface area contributed by atoms with Crippen molar-refractivity contribution in [2.24, 2.45) is 0 Å². The van der Waals surface area contributed by atoms with Crippen molar-refractivity contribution in [1.82, 2.24) is 24.6 Å². The maximum absolute atomic E-state index is 14.1. The van der Waals surface area contributed by atoms with Gasteiger partial charge in [-0.05, 0) is 63.1 Å². The zero-order valence-electron chi connectivity index (χ0n) is 18.2. The largest absolute Gasteiger partial charge is 0.350 e. The Kier molecular flexibility index (Phi) is 5.51. The van der Waals surface area contributed by atoms with Crippen LogP contribution in [-0.4, -0.2) is 61.5 Å². The predicted molar refractivity (Wildman–Crippen MR) is 120 cm³/mol. The summed E-state index contributed by atoms with van der Waals surface area (Å²) < 4.78 is 43.0. The van der Waals surface area contributed by atoms with Gasteiger partial charge in [0.05, 0.1) is 11.1 Å². The molecular formula is C22H30FN5O3S. The van der Waals surface area contributed by atoms with Gasteiger partial charge in [0.15, 0.2) is 0 Å². The number of aryl methyl sites for hydroxylation is 1. The summed E-state index contributed by atoms with van der Waals surface area (Å²) in [5.74, 6) is -0.532. The number of H-pyrrole nitrogens is 1. The Hall–Kier alpha value is -2.01. The Morgan fingerprint density at radius 1 is 1.25 bits per heavy atom. The maximum atomic E-state index is 14.1. The Morgan fingerprint density at radius 2 is 2.03 bits per heavy atom. The molecule has 0 bridgehead atoms. The van der Waals surface area contributed by atoms with Crippen LogP contribution in [0.15, 0.2) is 18.2 Å². The molecule has 2 aliphatic heterocycles. The summed E-state index contributed by atoms with van der Waals surface area (Å²) in [6.07, 6.45) is 5.49. The predicted octanol–water partition coefficient (Wildman–Crippen LogP) is 1.93. The van der Waals surface area contributed by atoms with Crippen LogP contribution in [0.5, 0.6) is 0 Å². The van der Waals surface area contributed by atoms with E-state index in [1.165, 1.54) is 6.07 Å². The number of benzene rings is 1. The molecule has 2 saturated heterocycles. The van der Waals surface area contributed by atoms with Gasteiger partial charge in [-0.1, -0.05) is 6.07 Å². The molecule has 174 valence electrons. The second kappa shape index (κ2) is 8.09. The third-order valence-electron chi connectivity index (χ3n) is 7.40. The molecule has 1 aliphatic carbocycles. The standard InChI is InChI=1S/C22H30FN5O3S/c1-14-5-6-18(23)17-12-19(26-20(14)17)21(29)25-15-3-2-4-16(11-15)28-9-7-22(8-10-28)13-24-32(30,31)27-22/h5-6,12,15-16,24,26-27H,2-4,7-11,13H2,1H3,(H,25,29)/t15-,16+/m1/s1. The lowest BCUT2D eigenvalue weighted by Gasteiger charge is -2.44. The van der Waals surface area contributed by atoms with E-state index in [1.807, 2.05) is 6.92 Å². The van der Waals surface area contributed by atoms with E-state index in [2.05, 4.69) is 24.6 Å². The Morgan fingerprint density at radius 3 is 2.72 bits per heavy atom. The minimum absolute atomic E-state index is 0.0705. The van der Waals surface area contributed by atoms with Gasteiger partial charge in [-0.2, -0.15) is 13.1 Å². The van der Waals surface area contributed by atoms with Crippen LogP contribution in [-0.2, 0) is 10.2 Å². The van der Waals surface area contributed by atoms with Gasteiger partial charge in [-0.3, -0.25) is 4.79 Å². The molecule has 1 spiro atoms. The van der Waals surface area contributed by atoms with E-state index >= 15 is 0 Å². The molecule has 10 heteroatoms. The van der Waals surface area contributed by atoms with Crippen molar-refractivity contribution in [3.05, 3.63) is 35.3 Å². The van der Waals surface area contributed by atoms with Crippen molar-refractivity contribution in [1.29, 1.82) is 0 Å². The first kappa shape index (κ1) is 21.8. The number of halogens is 1. The highest BCUT2D eigenvalue weighted by atomic mass is 32.2. The monoisotopic (exact) mass is 463 g/mol. The fourth-order valence-electron chi connectivity index (χ4n) is 5.52. The van der Waals surface area contributed by atoms with E-state index in [-0.39, 0.29) is 23.3 Å². The van der Waals surface area contributed by atoms with Crippen LogP contribution in [0, 0.1) is 12.7 Å². The molecule has 3 fully saturated rings. The topological polar surface area (TPSA) is 106 Å². The van der Waals surface area contributed by atoms with Gasteiger partial charge in [0.25, 0.3) is 16.1 Å². The number of carbonyl (C=O) groups is 1. The van der Waals surface area contributed by atoms with Crippen molar-refractivity contribution >= 4 is 27.0 Å². The summed E-state index contributed by atoms with van der Waals surface area (Å²) in [7, 11) is -3.35. The lowest BCUT2D eigenvalue weighted by atomic mass is 9.84. The smallest absolute Gasteiger partial charge is 0.277 e. The van der Waals surface area contributed by atoms with E-state index in [9.17, 15) is 17.6 Å². The molecule has 0 radical (unpaired) electrons. The molecule has 1 saturated carbocycles. The van der Waals surface area contributed by atoms with Crippen LogP contribution in [0.4, 0.5) is 4.39 Å². The molecular weight excluding hydrogens is 433 g/mol. The number of piperidine rings is 1. The fourth-order valence-corrected chi connectivity index (χ4v) is 6.91. The average molecular weight is 464 g/mol. The third kappa shape index (κ3) is 4.16. The lowest BCUT2D eigenvalue weighted by molar-refractivity contribution is 0.0774. The van der Waals surface area contributed by atoms with Crippen molar-refractivity contribution < 1.29 is 17.6 Å². The molecule has 2 aromatic rings. The van der Waals surface area contributed by atoms with Gasteiger partial charge in [-0.25, -0.2) is 9.11 Å². The molecule has 1 amide bonds. The number of carbonyl (C=O) groups excluding carboxylic acids is 1. The van der Waals surface area contributed by atoms with Gasteiger partial charge in [0.2, 0.25) is 0 Å². The van der Waals surface area contributed by atoms with Crippen molar-refractivity contribution in [3.8, 4) is 0 Å². The van der Waals surface area contributed by atoms with E-state index < -0.39 is 10.2 Å². The quantitative estimate of drug-likeness (QED) is 0.558. The number of amides is 1. The van der Waals surface area contributed by atoms with Gasteiger partial charge in [0.1, 0.15) is 11.5 Å². The van der Waals surface area contributed by atoms with Gasteiger partial charge >= 0.3 is 0 Å². The number of hydrogen-bond donors (Lipinski definition) is 4. The SMILES string of the molecule is Cc1ccc(F)c2cc(C(=O)N[C@@H]3CCC[C@H](N4CCC5(CC4)CNS(=O)(=O)N5)C3)[nH]c12. The average Bonchev–Trinajstić information content (AvgIpc) is 3.34. The van der Waals surface area contributed by atoms with E-state index in [4.69, 9.17) is 0 Å². The molecule has 3 heterocycles. The zero-order chi connectivity index (χ0) is 22.5. The maximum Gasteiger partial charge on any atom is 0.277 e. The summed E-state index contributed by atoms with van der Waals surface area (Å²) in [5.41, 5.74) is 1.59. The number of nitrogens with one attached hydrogen (secondary N) is 4. The minimum atomic E-state index is -3.35. The van der Waals surface area contributed by atoms with E-state index in [1.54, 1.807) is 12.1 Å². The third-order valence-corrected chi connectivity index (χ3v) is 8.62. The van der Waals surface area contributed by atoms with E-state index in [0.717, 1.165) is 57.2 Å². The first-order valence-corrected chi connectivity index (χ1v) is 12.8. The molecule has 32 heavy (non-hydrogen) atoms. The second-order valence-corrected chi connectivity index (χ2v) is 11.1. The van der Waals surface area contributed by atoms with Crippen molar-refractivity contribution in [2.75, 3.05) is 19.6 Å². The van der Waals surface area contributed by atoms with Crippen LogP contribution < -0.4 is 14.8 Å². The molecule has 5 rings (SSSR count). The summed E-state index contributed by atoms with van der Waals surface area (Å²) >= 11 is 0. The minimum Gasteiger partial charge on any atom is -0.350 e. The highest BCUT2D eigenvalue weighted by Crippen LogP contribution is 2.31. The first-order valence-electron chi connectivity index (χ1n) is 11.3.